The zero-order valence-corrected chi connectivity index (χ0v) is 11.1. The second-order valence-corrected chi connectivity index (χ2v) is 5.69. The number of rotatable bonds is 7. The molecule has 4 nitrogen and oxygen atoms in total. The monoisotopic (exact) mass is 233 g/mol. The van der Waals surface area contributed by atoms with Crippen LogP contribution < -0.4 is 0 Å². The quantitative estimate of drug-likeness (QED) is 0.603. The van der Waals surface area contributed by atoms with E-state index >= 15 is 0 Å². The number of morpholine rings is 1. The average Bonchev–Trinajstić information content (AvgIpc) is 2.28. The third kappa shape index (κ3) is 5.63. The zero-order chi connectivity index (χ0) is 10.9. The van der Waals surface area contributed by atoms with E-state index in [9.17, 15) is 0 Å². The standard InChI is InChI=1S/C10H23NO3Si/c1-3-13-15(14-4-2)10-7-11-5-8-12-9-6-11/h15H,3-10H2,1-2H3. The number of hydrogen-bond acceptors (Lipinski definition) is 4. The highest BCUT2D eigenvalue weighted by Gasteiger charge is 2.16. The lowest BCUT2D eigenvalue weighted by atomic mass is 10.4. The van der Waals surface area contributed by atoms with Gasteiger partial charge in [-0.3, -0.25) is 4.90 Å². The van der Waals surface area contributed by atoms with Crippen LogP contribution in [0.1, 0.15) is 13.8 Å². The van der Waals surface area contributed by atoms with Gasteiger partial charge in [0.1, 0.15) is 0 Å². The molecule has 0 aromatic rings. The molecule has 1 saturated heterocycles. The van der Waals surface area contributed by atoms with Crippen molar-refractivity contribution in [3.8, 4) is 0 Å². The van der Waals surface area contributed by atoms with Crippen molar-refractivity contribution in [1.29, 1.82) is 0 Å². The van der Waals surface area contributed by atoms with Crippen molar-refractivity contribution in [2.24, 2.45) is 0 Å². The Morgan fingerprint density at radius 3 is 2.27 bits per heavy atom. The molecule has 0 N–H and O–H groups in total. The van der Waals surface area contributed by atoms with E-state index in [0.717, 1.165) is 52.1 Å². The fourth-order valence-corrected chi connectivity index (χ4v) is 3.45. The molecule has 1 aliphatic heterocycles. The Morgan fingerprint density at radius 1 is 1.13 bits per heavy atom. The fourth-order valence-electron chi connectivity index (χ4n) is 1.70. The molecule has 0 saturated carbocycles. The van der Waals surface area contributed by atoms with Gasteiger partial charge in [-0.1, -0.05) is 0 Å². The molecule has 0 aromatic carbocycles. The van der Waals surface area contributed by atoms with E-state index in [0.29, 0.717) is 0 Å². The van der Waals surface area contributed by atoms with Crippen molar-refractivity contribution in [3.05, 3.63) is 0 Å². The maximum absolute atomic E-state index is 5.63. The van der Waals surface area contributed by atoms with Crippen LogP contribution >= 0.6 is 0 Å². The molecular weight excluding hydrogens is 210 g/mol. The van der Waals surface area contributed by atoms with E-state index in [2.05, 4.69) is 4.90 Å². The summed E-state index contributed by atoms with van der Waals surface area (Å²) in [5.74, 6) is 0. The number of ether oxygens (including phenoxy) is 1. The molecule has 0 spiro atoms. The van der Waals surface area contributed by atoms with Crippen LogP contribution in [0.3, 0.4) is 0 Å². The minimum Gasteiger partial charge on any atom is -0.397 e. The van der Waals surface area contributed by atoms with Gasteiger partial charge in [0, 0.05) is 38.9 Å². The molecule has 0 bridgehead atoms. The summed E-state index contributed by atoms with van der Waals surface area (Å²) in [5, 5.41) is 0. The van der Waals surface area contributed by atoms with Gasteiger partial charge in [0.05, 0.1) is 13.2 Å². The summed E-state index contributed by atoms with van der Waals surface area (Å²) in [6.45, 7) is 10.6. The Hall–Kier alpha value is 0.0569. The summed E-state index contributed by atoms with van der Waals surface area (Å²) in [6, 6.07) is 1.08. The first-order valence-corrected chi connectivity index (χ1v) is 7.66. The highest BCUT2D eigenvalue weighted by Crippen LogP contribution is 2.03. The van der Waals surface area contributed by atoms with E-state index in [-0.39, 0.29) is 0 Å². The van der Waals surface area contributed by atoms with Crippen molar-refractivity contribution in [2.75, 3.05) is 46.1 Å². The smallest absolute Gasteiger partial charge is 0.322 e. The van der Waals surface area contributed by atoms with E-state index in [1.165, 1.54) is 0 Å². The van der Waals surface area contributed by atoms with Gasteiger partial charge >= 0.3 is 9.28 Å². The van der Waals surface area contributed by atoms with E-state index in [1.54, 1.807) is 0 Å². The second-order valence-electron chi connectivity index (χ2n) is 3.58. The van der Waals surface area contributed by atoms with Gasteiger partial charge in [-0.15, -0.1) is 0 Å². The zero-order valence-electron chi connectivity index (χ0n) is 9.91. The molecule has 1 heterocycles. The van der Waals surface area contributed by atoms with Crippen molar-refractivity contribution in [3.63, 3.8) is 0 Å². The highest BCUT2D eigenvalue weighted by atomic mass is 28.3. The van der Waals surface area contributed by atoms with Crippen LogP contribution in [-0.4, -0.2) is 60.2 Å². The molecule has 0 unspecified atom stereocenters. The Morgan fingerprint density at radius 2 is 1.73 bits per heavy atom. The number of nitrogens with zero attached hydrogens (tertiary/aromatic N) is 1. The lowest BCUT2D eigenvalue weighted by Gasteiger charge is -2.27. The molecule has 0 aliphatic carbocycles. The minimum absolute atomic E-state index is 0.778. The third-order valence-electron chi connectivity index (χ3n) is 2.49. The first-order valence-electron chi connectivity index (χ1n) is 5.90. The molecule has 5 heteroatoms. The molecule has 15 heavy (non-hydrogen) atoms. The maximum atomic E-state index is 5.63. The molecule has 1 aliphatic rings. The van der Waals surface area contributed by atoms with Gasteiger partial charge in [-0.2, -0.15) is 0 Å². The lowest BCUT2D eigenvalue weighted by molar-refractivity contribution is 0.0392. The third-order valence-corrected chi connectivity index (χ3v) is 4.63. The normalized spacial score (nSPS) is 18.6. The van der Waals surface area contributed by atoms with Crippen molar-refractivity contribution < 1.29 is 13.6 Å². The van der Waals surface area contributed by atoms with Crippen LogP contribution in [-0.2, 0) is 13.6 Å². The van der Waals surface area contributed by atoms with Gasteiger partial charge in [0.2, 0.25) is 0 Å². The molecule has 0 aromatic heterocycles. The van der Waals surface area contributed by atoms with Crippen LogP contribution in [0.25, 0.3) is 0 Å². The predicted octanol–water partition coefficient (Wildman–Crippen LogP) is 0.612. The minimum atomic E-state index is -1.39. The van der Waals surface area contributed by atoms with Gasteiger partial charge in [0.25, 0.3) is 0 Å². The van der Waals surface area contributed by atoms with Gasteiger partial charge in [-0.25, -0.2) is 0 Å². The molecule has 0 amide bonds. The van der Waals surface area contributed by atoms with Crippen molar-refractivity contribution >= 4 is 9.28 Å². The van der Waals surface area contributed by atoms with Gasteiger partial charge in [0.15, 0.2) is 0 Å². The summed E-state index contributed by atoms with van der Waals surface area (Å²) >= 11 is 0. The largest absolute Gasteiger partial charge is 0.397 e. The van der Waals surface area contributed by atoms with E-state index < -0.39 is 9.28 Å². The predicted molar refractivity (Wildman–Crippen MR) is 62.5 cm³/mol. The first-order chi connectivity index (χ1) is 7.36. The molecule has 90 valence electrons. The van der Waals surface area contributed by atoms with Crippen LogP contribution in [0.4, 0.5) is 0 Å². The Labute approximate surface area is 94.3 Å². The average molecular weight is 233 g/mol. The SMILES string of the molecule is CCO[SiH](CCN1CCOCC1)OCC. The topological polar surface area (TPSA) is 30.9 Å². The Kier molecular flexibility index (Phi) is 7.21. The fraction of sp³-hybridized carbons (Fsp3) is 1.00. The molecule has 0 radical (unpaired) electrons. The van der Waals surface area contributed by atoms with Crippen molar-refractivity contribution in [1.82, 2.24) is 4.90 Å². The first kappa shape index (κ1) is 13.1. The molecular formula is C10H23NO3Si. The summed E-state index contributed by atoms with van der Waals surface area (Å²) in [5.41, 5.74) is 0. The van der Waals surface area contributed by atoms with Crippen LogP contribution in [0, 0.1) is 0 Å². The summed E-state index contributed by atoms with van der Waals surface area (Å²) < 4.78 is 16.6. The van der Waals surface area contributed by atoms with Gasteiger partial charge in [-0.05, 0) is 13.8 Å². The molecule has 1 rings (SSSR count). The summed E-state index contributed by atoms with van der Waals surface area (Å²) in [7, 11) is -1.39. The van der Waals surface area contributed by atoms with Crippen LogP contribution in [0.5, 0.6) is 0 Å². The Bertz CT molecular complexity index is 148. The summed E-state index contributed by atoms with van der Waals surface area (Å²) in [4.78, 5) is 2.43. The summed E-state index contributed by atoms with van der Waals surface area (Å²) in [6.07, 6.45) is 0. The van der Waals surface area contributed by atoms with Crippen LogP contribution in [0.15, 0.2) is 0 Å². The highest BCUT2D eigenvalue weighted by molar-refractivity contribution is 6.44. The Balaban J connectivity index is 2.13. The lowest BCUT2D eigenvalue weighted by Crippen LogP contribution is -2.39. The van der Waals surface area contributed by atoms with E-state index in [4.69, 9.17) is 13.6 Å². The van der Waals surface area contributed by atoms with Gasteiger partial charge < -0.3 is 13.6 Å². The van der Waals surface area contributed by atoms with E-state index in [1.807, 2.05) is 13.8 Å². The maximum Gasteiger partial charge on any atom is 0.322 e. The van der Waals surface area contributed by atoms with Crippen LogP contribution in [0.2, 0.25) is 6.04 Å². The second kappa shape index (κ2) is 8.24. The molecule has 0 atom stereocenters. The molecule has 1 fully saturated rings. The van der Waals surface area contributed by atoms with Crippen molar-refractivity contribution in [2.45, 2.75) is 19.9 Å². The number of hydrogen-bond donors (Lipinski definition) is 0.